The number of aliphatic carboxylic acids is 1. The molecule has 1 amide bonds. The number of ether oxygens (including phenoxy) is 1. The first-order valence-corrected chi connectivity index (χ1v) is 5.34. The first-order valence-electron chi connectivity index (χ1n) is 5.34. The predicted octanol–water partition coefficient (Wildman–Crippen LogP) is -0.541. The van der Waals surface area contributed by atoms with Gasteiger partial charge in [0.1, 0.15) is 6.04 Å². The van der Waals surface area contributed by atoms with Crippen LogP contribution in [0.5, 0.6) is 0 Å². The molecule has 0 spiro atoms. The van der Waals surface area contributed by atoms with Gasteiger partial charge in [-0.25, -0.2) is 4.79 Å². The van der Waals surface area contributed by atoms with Gasteiger partial charge >= 0.3 is 5.97 Å². The maximum absolute atomic E-state index is 11.7. The molecule has 1 fully saturated rings. The first-order chi connectivity index (χ1) is 7.56. The molecule has 0 unspecified atom stereocenters. The summed E-state index contributed by atoms with van der Waals surface area (Å²) in [6, 6.07) is -0.899. The zero-order chi connectivity index (χ0) is 12.1. The smallest absolute Gasteiger partial charge is 0.326 e. The predicted molar refractivity (Wildman–Crippen MR) is 54.9 cm³/mol. The van der Waals surface area contributed by atoms with Crippen LogP contribution in [0, 0.1) is 0 Å². The lowest BCUT2D eigenvalue weighted by atomic mass is 10.2. The molecule has 0 bridgehead atoms. The van der Waals surface area contributed by atoms with Crippen LogP contribution in [-0.4, -0.2) is 58.9 Å². The van der Waals surface area contributed by atoms with Gasteiger partial charge < -0.3 is 19.8 Å². The summed E-state index contributed by atoms with van der Waals surface area (Å²) in [5.74, 6) is -1.35. The van der Waals surface area contributed by atoms with Crippen molar-refractivity contribution in [2.45, 2.75) is 31.9 Å². The average molecular weight is 231 g/mol. The Bertz CT molecular complexity index is 268. The molecular formula is C10H17NO5. The fourth-order valence-electron chi connectivity index (χ4n) is 1.77. The van der Waals surface area contributed by atoms with E-state index in [1.54, 1.807) is 0 Å². The van der Waals surface area contributed by atoms with Crippen LogP contribution < -0.4 is 0 Å². The number of nitrogens with zero attached hydrogens (tertiary/aromatic N) is 1. The van der Waals surface area contributed by atoms with Crippen LogP contribution >= 0.6 is 0 Å². The minimum Gasteiger partial charge on any atom is -0.480 e. The van der Waals surface area contributed by atoms with Crippen molar-refractivity contribution >= 4 is 11.9 Å². The normalized spacial score (nSPS) is 24.8. The molecule has 1 aliphatic rings. The summed E-state index contributed by atoms with van der Waals surface area (Å²) in [4.78, 5) is 23.7. The van der Waals surface area contributed by atoms with E-state index in [9.17, 15) is 14.7 Å². The lowest BCUT2D eigenvalue weighted by Gasteiger charge is -2.20. The number of carboxylic acids is 1. The van der Waals surface area contributed by atoms with Crippen LogP contribution in [-0.2, 0) is 14.3 Å². The molecule has 92 valence electrons. The van der Waals surface area contributed by atoms with Gasteiger partial charge in [-0.05, 0) is 6.92 Å². The molecule has 6 heteroatoms. The van der Waals surface area contributed by atoms with Crippen molar-refractivity contribution < 1.29 is 24.5 Å². The summed E-state index contributed by atoms with van der Waals surface area (Å²) in [7, 11) is 0. The van der Waals surface area contributed by atoms with Crippen LogP contribution in [0.1, 0.15) is 19.8 Å². The summed E-state index contributed by atoms with van der Waals surface area (Å²) in [6.45, 7) is 2.73. The molecular weight excluding hydrogens is 214 g/mol. The summed E-state index contributed by atoms with van der Waals surface area (Å²) in [5.41, 5.74) is 0. The zero-order valence-electron chi connectivity index (χ0n) is 9.26. The Hall–Kier alpha value is -1.14. The highest BCUT2D eigenvalue weighted by molar-refractivity contribution is 5.84. The second-order valence-corrected chi connectivity index (χ2v) is 3.74. The topological polar surface area (TPSA) is 87.1 Å². The van der Waals surface area contributed by atoms with Gasteiger partial charge in [0.25, 0.3) is 0 Å². The van der Waals surface area contributed by atoms with E-state index in [1.807, 2.05) is 6.92 Å². The third kappa shape index (κ3) is 3.18. The monoisotopic (exact) mass is 231 g/mol. The van der Waals surface area contributed by atoms with Gasteiger partial charge in [-0.3, -0.25) is 4.79 Å². The van der Waals surface area contributed by atoms with Crippen molar-refractivity contribution in [1.82, 2.24) is 4.90 Å². The maximum Gasteiger partial charge on any atom is 0.326 e. The highest BCUT2D eigenvalue weighted by Gasteiger charge is 2.38. The van der Waals surface area contributed by atoms with Crippen LogP contribution in [0.3, 0.4) is 0 Å². The van der Waals surface area contributed by atoms with Crippen molar-refractivity contribution in [3.05, 3.63) is 0 Å². The van der Waals surface area contributed by atoms with Gasteiger partial charge in [-0.1, -0.05) is 0 Å². The standard InChI is InChI=1S/C10H17NO5/c1-2-16-4-3-9(13)11-6-7(12)5-8(11)10(14)15/h7-8,12H,2-6H2,1H3,(H,14,15)/t7-,8+/m1/s1. The summed E-state index contributed by atoms with van der Waals surface area (Å²) < 4.78 is 5.03. The van der Waals surface area contributed by atoms with Gasteiger partial charge in [0.2, 0.25) is 5.91 Å². The summed E-state index contributed by atoms with van der Waals surface area (Å²) in [6.07, 6.45) is -0.475. The quantitative estimate of drug-likeness (QED) is 0.620. The Labute approximate surface area is 93.8 Å². The number of rotatable bonds is 5. The van der Waals surface area contributed by atoms with E-state index in [4.69, 9.17) is 9.84 Å². The number of carbonyl (C=O) groups is 2. The Kier molecular flexibility index (Phi) is 4.70. The van der Waals surface area contributed by atoms with E-state index in [2.05, 4.69) is 0 Å². The largest absolute Gasteiger partial charge is 0.480 e. The minimum absolute atomic E-state index is 0.0991. The Balaban J connectivity index is 2.50. The molecule has 0 aromatic rings. The van der Waals surface area contributed by atoms with Crippen LogP contribution in [0.25, 0.3) is 0 Å². The average Bonchev–Trinajstić information content (AvgIpc) is 2.61. The number of carbonyl (C=O) groups excluding carboxylic acids is 1. The van der Waals surface area contributed by atoms with Crippen molar-refractivity contribution in [3.63, 3.8) is 0 Å². The van der Waals surface area contributed by atoms with Crippen LogP contribution in [0.4, 0.5) is 0 Å². The van der Waals surface area contributed by atoms with Crippen LogP contribution in [0.15, 0.2) is 0 Å². The number of amides is 1. The number of hydrogen-bond acceptors (Lipinski definition) is 4. The molecule has 0 radical (unpaired) electrons. The molecule has 0 saturated carbocycles. The van der Waals surface area contributed by atoms with E-state index in [1.165, 1.54) is 4.90 Å². The maximum atomic E-state index is 11.7. The van der Waals surface area contributed by atoms with Gasteiger partial charge in [0.15, 0.2) is 0 Å². The molecule has 16 heavy (non-hydrogen) atoms. The van der Waals surface area contributed by atoms with Gasteiger partial charge in [0.05, 0.1) is 19.1 Å². The highest BCUT2D eigenvalue weighted by atomic mass is 16.5. The fraction of sp³-hybridized carbons (Fsp3) is 0.800. The molecule has 6 nitrogen and oxygen atoms in total. The lowest BCUT2D eigenvalue weighted by molar-refractivity contribution is -0.148. The SMILES string of the molecule is CCOCCC(=O)N1C[C@H](O)C[C@H]1C(=O)O. The second-order valence-electron chi connectivity index (χ2n) is 3.74. The van der Waals surface area contributed by atoms with E-state index >= 15 is 0 Å². The van der Waals surface area contributed by atoms with Gasteiger partial charge in [-0.2, -0.15) is 0 Å². The first kappa shape index (κ1) is 12.9. The Morgan fingerprint density at radius 3 is 2.75 bits per heavy atom. The van der Waals surface area contributed by atoms with Crippen molar-refractivity contribution in [3.8, 4) is 0 Å². The molecule has 0 aliphatic carbocycles. The number of carboxylic acid groups (broad SMARTS) is 1. The van der Waals surface area contributed by atoms with Crippen LogP contribution in [0.2, 0.25) is 0 Å². The van der Waals surface area contributed by atoms with Crippen molar-refractivity contribution in [2.24, 2.45) is 0 Å². The number of aliphatic hydroxyl groups is 1. The van der Waals surface area contributed by atoms with Gasteiger partial charge in [-0.15, -0.1) is 0 Å². The van der Waals surface area contributed by atoms with Gasteiger partial charge in [0, 0.05) is 19.6 Å². The van der Waals surface area contributed by atoms with Crippen molar-refractivity contribution in [1.29, 1.82) is 0 Å². The number of β-amino-alcohol motifs (C(OH)–C–C–N with tert-alkyl or cyclic N) is 1. The number of likely N-dealkylation sites (tertiary alicyclic amines) is 1. The minimum atomic E-state index is -1.07. The second kappa shape index (κ2) is 5.81. The molecule has 1 rings (SSSR count). The van der Waals surface area contributed by atoms with E-state index < -0.39 is 18.1 Å². The molecule has 1 heterocycles. The molecule has 2 atom stereocenters. The Morgan fingerprint density at radius 1 is 1.50 bits per heavy atom. The van der Waals surface area contributed by atoms with E-state index in [0.717, 1.165) is 0 Å². The highest BCUT2D eigenvalue weighted by Crippen LogP contribution is 2.19. The lowest BCUT2D eigenvalue weighted by Crippen LogP contribution is -2.40. The molecule has 0 aromatic carbocycles. The fourth-order valence-corrected chi connectivity index (χ4v) is 1.77. The third-order valence-electron chi connectivity index (χ3n) is 2.55. The molecule has 1 aliphatic heterocycles. The molecule has 2 N–H and O–H groups in total. The molecule has 0 aromatic heterocycles. The van der Waals surface area contributed by atoms with Crippen molar-refractivity contribution in [2.75, 3.05) is 19.8 Å². The van der Waals surface area contributed by atoms with E-state index in [-0.39, 0.29) is 31.9 Å². The Morgan fingerprint density at radius 2 is 2.19 bits per heavy atom. The zero-order valence-corrected chi connectivity index (χ0v) is 9.26. The number of aliphatic hydroxyl groups excluding tert-OH is 1. The molecule has 1 saturated heterocycles. The third-order valence-corrected chi connectivity index (χ3v) is 2.55. The summed E-state index contributed by atoms with van der Waals surface area (Å²) >= 11 is 0. The summed E-state index contributed by atoms with van der Waals surface area (Å²) in [5, 5.41) is 18.2. The van der Waals surface area contributed by atoms with E-state index in [0.29, 0.717) is 6.61 Å². The number of hydrogen-bond donors (Lipinski definition) is 2.